The van der Waals surface area contributed by atoms with Crippen molar-refractivity contribution in [2.75, 3.05) is 57.7 Å². The number of fused-ring (bicyclic) bond motifs is 2. The maximum atomic E-state index is 12.9. The minimum atomic E-state index is -4.24. The van der Waals surface area contributed by atoms with Gasteiger partial charge in [-0.15, -0.1) is 11.3 Å². The van der Waals surface area contributed by atoms with E-state index >= 15 is 0 Å². The number of allylic oxidation sites excluding steroid dienone is 1. The summed E-state index contributed by atoms with van der Waals surface area (Å²) < 4.78 is 38.8. The molecule has 2 aromatic rings. The van der Waals surface area contributed by atoms with Crippen LogP contribution < -0.4 is 10.6 Å². The molecule has 43 heavy (non-hydrogen) atoms. The number of nitriles is 1. The molecule has 3 fully saturated rings. The fraction of sp³-hybridized carbons (Fsp3) is 0.710. The fourth-order valence-electron chi connectivity index (χ4n) is 7.79. The second-order valence-electron chi connectivity index (χ2n) is 13.0. The van der Waals surface area contributed by atoms with Crippen LogP contribution in [0.25, 0.3) is 10.2 Å². The average molecular weight is 617 g/mol. The first-order valence-electron chi connectivity index (χ1n) is 15.8. The Kier molecular flexibility index (Phi) is 9.15. The molecule has 2 N–H and O–H groups in total. The summed E-state index contributed by atoms with van der Waals surface area (Å²) in [4.78, 5) is 17.0. The third-order valence-electron chi connectivity index (χ3n) is 10.2. The van der Waals surface area contributed by atoms with Crippen LogP contribution in [0.2, 0.25) is 0 Å². The topological polar surface area (TPSA) is 83.3 Å². The molecular formula is C31H43F3N8S. The highest BCUT2D eigenvalue weighted by Crippen LogP contribution is 2.44. The number of likely N-dealkylation sites (tertiary alicyclic amines) is 1. The van der Waals surface area contributed by atoms with E-state index in [1.165, 1.54) is 12.7 Å². The van der Waals surface area contributed by atoms with Crippen molar-refractivity contribution in [1.29, 1.82) is 5.26 Å². The van der Waals surface area contributed by atoms with E-state index in [9.17, 15) is 18.4 Å². The standard InChI is InChI=1S/C31H43F3N8S/c1-20(41-11-7-36-8-12-41)17-42-24(16-35)13-26-21(2)22(3-4-28(26)42)18-40-9-5-23(6-10-40)39-29-27-14-25(15-31(32,33)34)43-30(27)38-19-37-29/h13-14,19-23,26,28,36H,3-12,15,17-18H2,1-2H3,(H,37,38,39)/t20-,21?,22?,26?,28?/m1/s1. The highest BCUT2D eigenvalue weighted by atomic mass is 32.1. The van der Waals surface area contributed by atoms with E-state index < -0.39 is 12.6 Å². The number of halogens is 3. The van der Waals surface area contributed by atoms with E-state index in [1.807, 2.05) is 0 Å². The Morgan fingerprint density at radius 1 is 1.14 bits per heavy atom. The van der Waals surface area contributed by atoms with Gasteiger partial charge in [0.1, 0.15) is 28.7 Å². The van der Waals surface area contributed by atoms with Gasteiger partial charge in [0, 0.05) is 81.3 Å². The van der Waals surface area contributed by atoms with Crippen molar-refractivity contribution in [3.05, 3.63) is 29.0 Å². The molecule has 0 radical (unpaired) electrons. The van der Waals surface area contributed by atoms with Crippen LogP contribution >= 0.6 is 11.3 Å². The maximum Gasteiger partial charge on any atom is 0.393 e. The van der Waals surface area contributed by atoms with Gasteiger partial charge in [0.25, 0.3) is 0 Å². The smallest absolute Gasteiger partial charge is 0.367 e. The predicted molar refractivity (Wildman–Crippen MR) is 164 cm³/mol. The molecule has 6 rings (SSSR count). The van der Waals surface area contributed by atoms with E-state index in [1.54, 1.807) is 6.07 Å². The van der Waals surface area contributed by atoms with Crippen molar-refractivity contribution in [2.45, 2.75) is 70.3 Å². The maximum absolute atomic E-state index is 12.9. The fourth-order valence-corrected chi connectivity index (χ4v) is 8.82. The monoisotopic (exact) mass is 616 g/mol. The van der Waals surface area contributed by atoms with E-state index in [0.717, 1.165) is 88.7 Å². The van der Waals surface area contributed by atoms with Gasteiger partial charge < -0.3 is 20.4 Å². The zero-order chi connectivity index (χ0) is 30.1. The summed E-state index contributed by atoms with van der Waals surface area (Å²) in [6.45, 7) is 12.9. The molecule has 234 valence electrons. The number of nitrogens with zero attached hydrogens (tertiary/aromatic N) is 6. The van der Waals surface area contributed by atoms with Crippen molar-refractivity contribution in [3.63, 3.8) is 0 Å². The summed E-state index contributed by atoms with van der Waals surface area (Å²) in [5.74, 6) is 2.19. The molecule has 1 saturated carbocycles. The lowest BCUT2D eigenvalue weighted by Gasteiger charge is -2.45. The minimum Gasteiger partial charge on any atom is -0.367 e. The van der Waals surface area contributed by atoms with Gasteiger partial charge in [0.2, 0.25) is 0 Å². The third-order valence-corrected chi connectivity index (χ3v) is 11.3. The molecule has 1 aliphatic carbocycles. The Labute approximate surface area is 256 Å². The lowest BCUT2D eigenvalue weighted by molar-refractivity contribution is -0.126. The molecule has 12 heteroatoms. The minimum absolute atomic E-state index is 0.232. The molecule has 0 spiro atoms. The van der Waals surface area contributed by atoms with Crippen LogP contribution in [0.1, 0.15) is 44.4 Å². The lowest BCUT2D eigenvalue weighted by Crippen LogP contribution is -2.53. The van der Waals surface area contributed by atoms with Gasteiger partial charge >= 0.3 is 6.18 Å². The SMILES string of the molecule is CC1C(CN2CCC(Nc3ncnc4sc(CC(F)(F)F)cc34)CC2)CCC2C1C=C(C#N)N2C[C@@H](C)N1CCNCC1. The Balaban J connectivity index is 1.01. The molecule has 0 aromatic carbocycles. The molecule has 4 unspecified atom stereocenters. The first-order valence-corrected chi connectivity index (χ1v) is 16.6. The van der Waals surface area contributed by atoms with Crippen LogP contribution in [0.15, 0.2) is 24.2 Å². The highest BCUT2D eigenvalue weighted by Gasteiger charge is 2.44. The van der Waals surface area contributed by atoms with Gasteiger partial charge in [0.15, 0.2) is 0 Å². The molecule has 0 bridgehead atoms. The first-order chi connectivity index (χ1) is 20.7. The van der Waals surface area contributed by atoms with Crippen LogP contribution in [0.3, 0.4) is 0 Å². The number of aromatic nitrogens is 2. The number of nitrogens with one attached hydrogen (secondary N) is 2. The molecule has 3 aliphatic heterocycles. The number of alkyl halides is 3. The van der Waals surface area contributed by atoms with Crippen molar-refractivity contribution in [3.8, 4) is 6.07 Å². The number of piperidine rings is 1. The molecular weight excluding hydrogens is 573 g/mol. The van der Waals surface area contributed by atoms with Gasteiger partial charge in [0.05, 0.1) is 11.8 Å². The summed E-state index contributed by atoms with van der Waals surface area (Å²) >= 11 is 1.09. The van der Waals surface area contributed by atoms with Crippen molar-refractivity contribution in [2.24, 2.45) is 17.8 Å². The van der Waals surface area contributed by atoms with Gasteiger partial charge in [-0.2, -0.15) is 18.4 Å². The quantitative estimate of drug-likeness (QED) is 0.441. The highest BCUT2D eigenvalue weighted by molar-refractivity contribution is 7.18. The Morgan fingerprint density at radius 3 is 2.63 bits per heavy atom. The van der Waals surface area contributed by atoms with Crippen LogP contribution in [0.4, 0.5) is 19.0 Å². The summed E-state index contributed by atoms with van der Waals surface area (Å²) in [5, 5.41) is 17.6. The number of hydrogen-bond donors (Lipinski definition) is 2. The number of piperazine rings is 1. The Hall–Kier alpha value is -2.46. The molecule has 8 nitrogen and oxygen atoms in total. The average Bonchev–Trinajstić information content (AvgIpc) is 3.56. The molecule has 0 amide bonds. The molecule has 2 saturated heterocycles. The second-order valence-corrected chi connectivity index (χ2v) is 14.1. The molecule has 5 atom stereocenters. The Morgan fingerprint density at radius 2 is 1.91 bits per heavy atom. The zero-order valence-electron chi connectivity index (χ0n) is 25.1. The first kappa shape index (κ1) is 30.6. The van der Waals surface area contributed by atoms with Crippen molar-refractivity contribution < 1.29 is 13.2 Å². The van der Waals surface area contributed by atoms with E-state index in [-0.39, 0.29) is 10.9 Å². The second kappa shape index (κ2) is 12.9. The van der Waals surface area contributed by atoms with Gasteiger partial charge in [-0.3, -0.25) is 4.90 Å². The van der Waals surface area contributed by atoms with Gasteiger partial charge in [-0.25, -0.2) is 9.97 Å². The van der Waals surface area contributed by atoms with Crippen LogP contribution in [-0.4, -0.2) is 101 Å². The number of rotatable bonds is 8. The van der Waals surface area contributed by atoms with Gasteiger partial charge in [-0.05, 0) is 56.6 Å². The van der Waals surface area contributed by atoms with Gasteiger partial charge in [-0.1, -0.05) is 6.92 Å². The van der Waals surface area contributed by atoms with E-state index in [2.05, 4.69) is 61.3 Å². The Bertz CT molecular complexity index is 1320. The van der Waals surface area contributed by atoms with E-state index in [0.29, 0.717) is 45.9 Å². The lowest BCUT2D eigenvalue weighted by atomic mass is 9.70. The molecule has 4 aliphatic rings. The number of anilines is 1. The van der Waals surface area contributed by atoms with Crippen LogP contribution in [0.5, 0.6) is 0 Å². The van der Waals surface area contributed by atoms with Crippen molar-refractivity contribution >= 4 is 27.4 Å². The van der Waals surface area contributed by atoms with Crippen LogP contribution in [-0.2, 0) is 6.42 Å². The summed E-state index contributed by atoms with van der Waals surface area (Å²) in [6, 6.07) is 5.20. The van der Waals surface area contributed by atoms with Crippen LogP contribution in [0, 0.1) is 29.1 Å². The predicted octanol–water partition coefficient (Wildman–Crippen LogP) is 4.72. The normalized spacial score (nSPS) is 28.5. The van der Waals surface area contributed by atoms with E-state index in [4.69, 9.17) is 0 Å². The summed E-state index contributed by atoms with van der Waals surface area (Å²) in [6.07, 6.45) is 2.79. The summed E-state index contributed by atoms with van der Waals surface area (Å²) in [7, 11) is 0. The number of thiophene rings is 1. The zero-order valence-corrected chi connectivity index (χ0v) is 25.9. The molecule has 5 heterocycles. The third kappa shape index (κ3) is 6.95. The van der Waals surface area contributed by atoms with Crippen molar-refractivity contribution in [1.82, 2.24) is 30.0 Å². The molecule has 2 aromatic heterocycles. The number of hydrogen-bond acceptors (Lipinski definition) is 9. The summed E-state index contributed by atoms with van der Waals surface area (Å²) in [5.41, 5.74) is 0.867. The largest absolute Gasteiger partial charge is 0.393 e.